The van der Waals surface area contributed by atoms with E-state index in [1.165, 1.54) is 40.8 Å². The number of hydrogen-bond acceptors (Lipinski definition) is 2. The number of fused-ring (bicyclic) bond motifs is 1. The molecule has 82 valence electrons. The molecule has 0 atom stereocenters. The molecule has 0 unspecified atom stereocenters. The third-order valence-electron chi connectivity index (χ3n) is 3.06. The first kappa shape index (κ1) is 10.4. The van der Waals surface area contributed by atoms with E-state index >= 15 is 0 Å². The lowest BCUT2D eigenvalue weighted by atomic mass is 10.0. The van der Waals surface area contributed by atoms with Crippen LogP contribution in [0.4, 0.5) is 5.00 Å². The van der Waals surface area contributed by atoms with Crippen molar-refractivity contribution in [2.45, 2.75) is 19.3 Å². The fourth-order valence-corrected chi connectivity index (χ4v) is 3.97. The highest BCUT2D eigenvalue weighted by molar-refractivity contribution is 9.10. The van der Waals surface area contributed by atoms with E-state index in [1.54, 1.807) is 11.3 Å². The molecule has 0 bridgehead atoms. The molecule has 0 radical (unpaired) electrons. The molecule has 2 aromatic rings. The van der Waals surface area contributed by atoms with Crippen LogP contribution in [0.2, 0.25) is 0 Å². The summed E-state index contributed by atoms with van der Waals surface area (Å²) in [7, 11) is 0. The van der Waals surface area contributed by atoms with E-state index in [4.69, 9.17) is 5.73 Å². The molecule has 1 aromatic carbocycles. The van der Waals surface area contributed by atoms with Gasteiger partial charge in [0, 0.05) is 14.9 Å². The number of hydrogen-bond donors (Lipinski definition) is 1. The summed E-state index contributed by atoms with van der Waals surface area (Å²) in [6.07, 6.45) is 3.67. The van der Waals surface area contributed by atoms with Gasteiger partial charge in [-0.05, 0) is 42.5 Å². The number of aryl methyl sites for hydroxylation is 1. The average molecular weight is 294 g/mol. The lowest BCUT2D eigenvalue weighted by Gasteiger charge is -2.04. The molecular formula is C13H12BrNS. The summed E-state index contributed by atoms with van der Waals surface area (Å²) >= 11 is 5.28. The first-order valence-corrected chi connectivity index (χ1v) is 7.02. The Labute approximate surface area is 107 Å². The van der Waals surface area contributed by atoms with Gasteiger partial charge < -0.3 is 5.73 Å². The molecule has 0 aliphatic heterocycles. The minimum absolute atomic E-state index is 0.975. The Bertz CT molecular complexity index is 545. The number of nitrogens with two attached hydrogens (primary N) is 1. The van der Waals surface area contributed by atoms with Gasteiger partial charge in [-0.3, -0.25) is 0 Å². The van der Waals surface area contributed by atoms with E-state index in [2.05, 4.69) is 34.1 Å². The van der Waals surface area contributed by atoms with Gasteiger partial charge in [0.1, 0.15) is 0 Å². The summed E-state index contributed by atoms with van der Waals surface area (Å²) in [4.78, 5) is 1.49. The summed E-state index contributed by atoms with van der Waals surface area (Å²) in [5, 5.41) is 0.975. The number of anilines is 1. The smallest absolute Gasteiger partial charge is 0.0941 e. The summed E-state index contributed by atoms with van der Waals surface area (Å²) in [5.74, 6) is 0. The van der Waals surface area contributed by atoms with Crippen molar-refractivity contribution in [3.63, 3.8) is 0 Å². The Morgan fingerprint density at radius 3 is 2.94 bits per heavy atom. The molecule has 1 nitrogen and oxygen atoms in total. The van der Waals surface area contributed by atoms with E-state index < -0.39 is 0 Å². The first-order valence-electron chi connectivity index (χ1n) is 5.41. The highest BCUT2D eigenvalue weighted by Crippen LogP contribution is 2.43. The van der Waals surface area contributed by atoms with Crippen molar-refractivity contribution >= 4 is 32.3 Å². The fraction of sp³-hybridized carbons (Fsp3) is 0.231. The molecule has 1 aliphatic carbocycles. The number of benzene rings is 1. The molecule has 1 aliphatic rings. The topological polar surface area (TPSA) is 26.0 Å². The molecule has 3 rings (SSSR count). The third-order valence-corrected chi connectivity index (χ3v) is 4.68. The van der Waals surface area contributed by atoms with Crippen LogP contribution in [0.25, 0.3) is 11.1 Å². The van der Waals surface area contributed by atoms with Gasteiger partial charge >= 0.3 is 0 Å². The van der Waals surface area contributed by atoms with Crippen LogP contribution < -0.4 is 5.73 Å². The van der Waals surface area contributed by atoms with E-state index in [1.807, 2.05) is 6.07 Å². The molecule has 0 fully saturated rings. The van der Waals surface area contributed by atoms with E-state index in [0.717, 1.165) is 9.47 Å². The van der Waals surface area contributed by atoms with Crippen LogP contribution in [-0.4, -0.2) is 0 Å². The van der Waals surface area contributed by atoms with Crippen molar-refractivity contribution in [1.29, 1.82) is 0 Å². The molecule has 2 N–H and O–H groups in total. The zero-order valence-corrected chi connectivity index (χ0v) is 11.2. The molecule has 0 amide bonds. The number of nitrogen functional groups attached to an aromatic ring is 1. The van der Waals surface area contributed by atoms with Crippen LogP contribution in [-0.2, 0) is 12.8 Å². The van der Waals surface area contributed by atoms with Crippen LogP contribution in [0, 0.1) is 0 Å². The third kappa shape index (κ3) is 1.59. The highest BCUT2D eigenvalue weighted by atomic mass is 79.9. The zero-order valence-electron chi connectivity index (χ0n) is 8.79. The lowest BCUT2D eigenvalue weighted by molar-refractivity contribution is 0.915. The van der Waals surface area contributed by atoms with Gasteiger partial charge in [-0.2, -0.15) is 0 Å². The molecule has 3 heteroatoms. The minimum atomic E-state index is 0.975. The average Bonchev–Trinajstić information content (AvgIpc) is 2.76. The molecule has 0 saturated carbocycles. The van der Waals surface area contributed by atoms with Gasteiger partial charge in [-0.1, -0.05) is 28.1 Å². The maximum atomic E-state index is 6.14. The monoisotopic (exact) mass is 293 g/mol. The Morgan fingerprint density at radius 1 is 1.25 bits per heavy atom. The second kappa shape index (κ2) is 3.90. The fourth-order valence-electron chi connectivity index (χ4n) is 2.39. The molecule has 0 saturated heterocycles. The highest BCUT2D eigenvalue weighted by Gasteiger charge is 2.21. The van der Waals surface area contributed by atoms with E-state index in [-0.39, 0.29) is 0 Å². The van der Waals surface area contributed by atoms with Crippen LogP contribution >= 0.6 is 27.3 Å². The number of halogens is 1. The Hall–Kier alpha value is -0.800. The zero-order chi connectivity index (χ0) is 11.1. The second-order valence-corrected chi connectivity index (χ2v) is 6.16. The van der Waals surface area contributed by atoms with Crippen LogP contribution in [0.15, 0.2) is 28.7 Å². The van der Waals surface area contributed by atoms with Gasteiger partial charge in [-0.25, -0.2) is 0 Å². The normalized spacial score (nSPS) is 14.1. The van der Waals surface area contributed by atoms with Crippen molar-refractivity contribution in [3.8, 4) is 11.1 Å². The standard InChI is InChI=1S/C13H12BrNS/c14-9-4-1-3-8(7-9)12-10-5-2-6-11(10)16-13(12)15/h1,3-4,7H,2,5-6,15H2. The SMILES string of the molecule is Nc1sc2c(c1-c1cccc(Br)c1)CCC2. The lowest BCUT2D eigenvalue weighted by Crippen LogP contribution is -1.88. The maximum absolute atomic E-state index is 6.14. The van der Waals surface area contributed by atoms with Gasteiger partial charge in [0.2, 0.25) is 0 Å². The largest absolute Gasteiger partial charge is 0.390 e. The van der Waals surface area contributed by atoms with Crippen LogP contribution in [0.1, 0.15) is 16.9 Å². The maximum Gasteiger partial charge on any atom is 0.0941 e. The second-order valence-electron chi connectivity index (χ2n) is 4.11. The molecule has 0 spiro atoms. The van der Waals surface area contributed by atoms with E-state index in [0.29, 0.717) is 0 Å². The van der Waals surface area contributed by atoms with Gasteiger partial charge in [0.15, 0.2) is 0 Å². The molecule has 1 heterocycles. The van der Waals surface area contributed by atoms with E-state index in [9.17, 15) is 0 Å². The molecular weight excluding hydrogens is 282 g/mol. The summed E-state index contributed by atoms with van der Waals surface area (Å²) in [6, 6.07) is 8.41. The van der Waals surface area contributed by atoms with Crippen LogP contribution in [0.5, 0.6) is 0 Å². The van der Waals surface area contributed by atoms with Crippen molar-refractivity contribution in [3.05, 3.63) is 39.2 Å². The van der Waals surface area contributed by atoms with Gasteiger partial charge in [-0.15, -0.1) is 11.3 Å². The quantitative estimate of drug-likeness (QED) is 0.836. The Kier molecular flexibility index (Phi) is 2.52. The number of thiophene rings is 1. The minimum Gasteiger partial charge on any atom is -0.390 e. The predicted octanol–water partition coefficient (Wildman–Crippen LogP) is 4.25. The summed E-state index contributed by atoms with van der Waals surface area (Å²) in [5.41, 5.74) is 10.1. The molecule has 1 aromatic heterocycles. The predicted molar refractivity (Wildman–Crippen MR) is 73.9 cm³/mol. The first-order chi connectivity index (χ1) is 7.75. The van der Waals surface area contributed by atoms with Crippen LogP contribution in [0.3, 0.4) is 0 Å². The van der Waals surface area contributed by atoms with Crippen molar-refractivity contribution in [2.24, 2.45) is 0 Å². The number of rotatable bonds is 1. The van der Waals surface area contributed by atoms with Crippen molar-refractivity contribution < 1.29 is 0 Å². The Morgan fingerprint density at radius 2 is 2.12 bits per heavy atom. The van der Waals surface area contributed by atoms with Crippen molar-refractivity contribution in [2.75, 3.05) is 5.73 Å². The van der Waals surface area contributed by atoms with Crippen molar-refractivity contribution in [1.82, 2.24) is 0 Å². The summed E-state index contributed by atoms with van der Waals surface area (Å²) in [6.45, 7) is 0. The van der Waals surface area contributed by atoms with Gasteiger partial charge in [0.05, 0.1) is 5.00 Å². The Balaban J connectivity index is 2.19. The summed E-state index contributed by atoms with van der Waals surface area (Å²) < 4.78 is 1.11. The van der Waals surface area contributed by atoms with Gasteiger partial charge in [0.25, 0.3) is 0 Å². The molecule has 16 heavy (non-hydrogen) atoms.